The van der Waals surface area contributed by atoms with Crippen LogP contribution in [-0.4, -0.2) is 36.1 Å². The molecule has 0 radical (unpaired) electrons. The van der Waals surface area contributed by atoms with Gasteiger partial charge in [0.1, 0.15) is 6.61 Å². The minimum atomic E-state index is -0.503. The predicted octanol–water partition coefficient (Wildman–Crippen LogP) is 2.95. The maximum atomic E-state index is 11.9. The fourth-order valence-electron chi connectivity index (χ4n) is 1.71. The van der Waals surface area contributed by atoms with Crippen LogP contribution >= 0.6 is 11.3 Å². The maximum absolute atomic E-state index is 11.9. The summed E-state index contributed by atoms with van der Waals surface area (Å²) in [5.41, 5.74) is 0.176. The molecule has 20 heavy (non-hydrogen) atoms. The van der Waals surface area contributed by atoms with Crippen LogP contribution in [0.1, 0.15) is 54.4 Å². The molecule has 0 bridgehead atoms. The Kier molecular flexibility index (Phi) is 6.81. The molecule has 6 heteroatoms. The lowest BCUT2D eigenvalue weighted by atomic mass is 10.1. The quantitative estimate of drug-likeness (QED) is 0.545. The van der Waals surface area contributed by atoms with Gasteiger partial charge in [-0.3, -0.25) is 4.79 Å². The summed E-state index contributed by atoms with van der Waals surface area (Å²) in [6.45, 7) is 8.15. The molecule has 0 saturated carbocycles. The van der Waals surface area contributed by atoms with Crippen molar-refractivity contribution in [2.75, 3.05) is 13.2 Å². The van der Waals surface area contributed by atoms with Crippen LogP contribution < -0.4 is 0 Å². The van der Waals surface area contributed by atoms with Crippen molar-refractivity contribution >= 4 is 23.1 Å². The van der Waals surface area contributed by atoms with Gasteiger partial charge in [0.25, 0.3) is 0 Å². The van der Waals surface area contributed by atoms with Crippen molar-refractivity contribution < 1.29 is 19.1 Å². The monoisotopic (exact) mass is 299 g/mol. The Labute approximate surface area is 123 Å². The van der Waals surface area contributed by atoms with Gasteiger partial charge in [-0.2, -0.15) is 0 Å². The second kappa shape index (κ2) is 8.11. The minimum Gasteiger partial charge on any atom is -0.461 e. The van der Waals surface area contributed by atoms with Gasteiger partial charge in [-0.1, -0.05) is 13.8 Å². The third-order valence-electron chi connectivity index (χ3n) is 2.53. The van der Waals surface area contributed by atoms with Crippen molar-refractivity contribution in [3.63, 3.8) is 0 Å². The number of ether oxygens (including phenoxy) is 2. The van der Waals surface area contributed by atoms with Crippen LogP contribution in [0.2, 0.25) is 0 Å². The molecule has 0 amide bonds. The van der Waals surface area contributed by atoms with E-state index in [2.05, 4.69) is 18.8 Å². The zero-order valence-corrected chi connectivity index (χ0v) is 13.2. The van der Waals surface area contributed by atoms with E-state index in [1.54, 1.807) is 6.92 Å². The van der Waals surface area contributed by atoms with Gasteiger partial charge in [0.05, 0.1) is 12.7 Å². The van der Waals surface area contributed by atoms with Crippen molar-refractivity contribution in [1.82, 2.24) is 4.98 Å². The Bertz CT molecular complexity index is 456. The Morgan fingerprint density at radius 1 is 1.35 bits per heavy atom. The second-order valence-electron chi connectivity index (χ2n) is 4.93. The molecule has 0 saturated heterocycles. The lowest BCUT2D eigenvalue weighted by Gasteiger charge is -2.13. The van der Waals surface area contributed by atoms with Gasteiger partial charge in [0, 0.05) is 5.38 Å². The average molecular weight is 299 g/mol. The first kappa shape index (κ1) is 16.8. The molecule has 1 aromatic heterocycles. The minimum absolute atomic E-state index is 0.0103. The van der Waals surface area contributed by atoms with E-state index in [0.717, 1.165) is 17.8 Å². The first-order valence-electron chi connectivity index (χ1n) is 6.71. The molecule has 1 unspecified atom stereocenters. The molecule has 0 aliphatic rings. The molecular weight excluding hydrogens is 278 g/mol. The molecule has 5 nitrogen and oxygen atoms in total. The highest BCUT2D eigenvalue weighted by molar-refractivity contribution is 7.12. The SMILES string of the molecule is CCOC(=O)c1csc(C(=O)COC(C)CC(C)C)n1. The summed E-state index contributed by atoms with van der Waals surface area (Å²) in [4.78, 5) is 27.3. The molecular formula is C14H21NO4S. The van der Waals surface area contributed by atoms with Crippen LogP contribution in [0.3, 0.4) is 0 Å². The number of esters is 1. The molecule has 0 aliphatic heterocycles. The van der Waals surface area contributed by atoms with Crippen molar-refractivity contribution in [3.8, 4) is 0 Å². The zero-order valence-electron chi connectivity index (χ0n) is 12.3. The van der Waals surface area contributed by atoms with E-state index < -0.39 is 5.97 Å². The Morgan fingerprint density at radius 3 is 2.65 bits per heavy atom. The van der Waals surface area contributed by atoms with Crippen LogP contribution in [0.25, 0.3) is 0 Å². The largest absolute Gasteiger partial charge is 0.461 e. The summed E-state index contributed by atoms with van der Waals surface area (Å²) < 4.78 is 10.3. The number of carbonyl (C=O) groups excluding carboxylic acids is 2. The van der Waals surface area contributed by atoms with Gasteiger partial charge >= 0.3 is 5.97 Å². The number of hydrogen-bond donors (Lipinski definition) is 0. The fourth-order valence-corrected chi connectivity index (χ4v) is 2.43. The smallest absolute Gasteiger partial charge is 0.357 e. The van der Waals surface area contributed by atoms with Gasteiger partial charge in [-0.15, -0.1) is 11.3 Å². The van der Waals surface area contributed by atoms with Gasteiger partial charge < -0.3 is 9.47 Å². The molecule has 1 heterocycles. The number of thiazole rings is 1. The first-order valence-corrected chi connectivity index (χ1v) is 7.59. The number of Topliss-reactive ketones (excluding diaryl/α,β-unsaturated/α-hetero) is 1. The number of ketones is 1. The molecule has 0 N–H and O–H groups in total. The summed E-state index contributed by atoms with van der Waals surface area (Å²) in [6.07, 6.45) is 0.933. The molecule has 1 aromatic rings. The number of carbonyl (C=O) groups is 2. The van der Waals surface area contributed by atoms with E-state index in [1.165, 1.54) is 5.38 Å². The molecule has 0 aliphatic carbocycles. The van der Waals surface area contributed by atoms with Crippen LogP contribution in [0, 0.1) is 5.92 Å². The van der Waals surface area contributed by atoms with Crippen LogP contribution in [0.5, 0.6) is 0 Å². The lowest BCUT2D eigenvalue weighted by molar-refractivity contribution is 0.0444. The third kappa shape index (κ3) is 5.38. The molecule has 1 rings (SSSR count). The Balaban J connectivity index is 2.50. The molecule has 0 aromatic carbocycles. The van der Waals surface area contributed by atoms with E-state index in [4.69, 9.17) is 9.47 Å². The number of aromatic nitrogens is 1. The Morgan fingerprint density at radius 2 is 2.05 bits per heavy atom. The lowest BCUT2D eigenvalue weighted by Crippen LogP contribution is -2.17. The average Bonchev–Trinajstić information content (AvgIpc) is 2.85. The number of rotatable bonds is 8. The van der Waals surface area contributed by atoms with Crippen molar-refractivity contribution in [1.29, 1.82) is 0 Å². The Hall–Kier alpha value is -1.27. The van der Waals surface area contributed by atoms with Crippen molar-refractivity contribution in [2.24, 2.45) is 5.92 Å². The predicted molar refractivity (Wildman–Crippen MR) is 77.3 cm³/mol. The highest BCUT2D eigenvalue weighted by atomic mass is 32.1. The topological polar surface area (TPSA) is 65.5 Å². The summed E-state index contributed by atoms with van der Waals surface area (Å²) in [5.74, 6) is -0.187. The highest BCUT2D eigenvalue weighted by Gasteiger charge is 2.17. The highest BCUT2D eigenvalue weighted by Crippen LogP contribution is 2.13. The van der Waals surface area contributed by atoms with Crippen molar-refractivity contribution in [2.45, 2.75) is 40.2 Å². The van der Waals surface area contributed by atoms with Gasteiger partial charge in [-0.25, -0.2) is 9.78 Å². The zero-order chi connectivity index (χ0) is 15.1. The van der Waals surface area contributed by atoms with Crippen LogP contribution in [0.4, 0.5) is 0 Å². The van der Waals surface area contributed by atoms with E-state index >= 15 is 0 Å². The van der Waals surface area contributed by atoms with E-state index in [0.29, 0.717) is 5.92 Å². The van der Waals surface area contributed by atoms with Gasteiger partial charge in [0.15, 0.2) is 10.7 Å². The van der Waals surface area contributed by atoms with E-state index in [-0.39, 0.29) is 35.8 Å². The van der Waals surface area contributed by atoms with Gasteiger partial charge in [-0.05, 0) is 26.2 Å². The second-order valence-corrected chi connectivity index (χ2v) is 5.79. The summed E-state index contributed by atoms with van der Waals surface area (Å²) in [5, 5.41) is 1.81. The van der Waals surface area contributed by atoms with Crippen molar-refractivity contribution in [3.05, 3.63) is 16.1 Å². The number of nitrogens with zero attached hydrogens (tertiary/aromatic N) is 1. The van der Waals surface area contributed by atoms with Crippen LogP contribution in [-0.2, 0) is 9.47 Å². The molecule has 0 fully saturated rings. The summed E-state index contributed by atoms with van der Waals surface area (Å²) >= 11 is 1.14. The number of hydrogen-bond acceptors (Lipinski definition) is 6. The summed E-state index contributed by atoms with van der Waals surface area (Å²) in [6, 6.07) is 0. The molecule has 112 valence electrons. The maximum Gasteiger partial charge on any atom is 0.357 e. The van der Waals surface area contributed by atoms with E-state index in [9.17, 15) is 9.59 Å². The first-order chi connectivity index (χ1) is 9.43. The standard InChI is InChI=1S/C14H21NO4S/c1-5-18-14(17)11-8-20-13(15-11)12(16)7-19-10(4)6-9(2)3/h8-10H,5-7H2,1-4H3. The van der Waals surface area contributed by atoms with Crippen LogP contribution in [0.15, 0.2) is 5.38 Å². The fraction of sp³-hybridized carbons (Fsp3) is 0.643. The van der Waals surface area contributed by atoms with Gasteiger partial charge in [0.2, 0.25) is 5.78 Å². The normalized spacial score (nSPS) is 12.4. The molecule has 1 atom stereocenters. The third-order valence-corrected chi connectivity index (χ3v) is 3.41. The summed E-state index contributed by atoms with van der Waals surface area (Å²) in [7, 11) is 0. The van der Waals surface area contributed by atoms with E-state index in [1.807, 2.05) is 6.92 Å². The molecule has 0 spiro atoms.